The van der Waals surface area contributed by atoms with Crippen LogP contribution in [0.4, 0.5) is 4.79 Å². The average Bonchev–Trinajstić information content (AvgIpc) is 2.48. The second-order valence-electron chi connectivity index (χ2n) is 7.41. The molecule has 1 fully saturated rings. The van der Waals surface area contributed by atoms with E-state index in [1.807, 2.05) is 39.8 Å². The Morgan fingerprint density at radius 2 is 2.12 bits per heavy atom. The Bertz CT molecular complexity index is 634. The van der Waals surface area contributed by atoms with Gasteiger partial charge in [0.15, 0.2) is 5.96 Å². The molecule has 0 aliphatic carbocycles. The maximum absolute atomic E-state index is 12.0. The molecule has 0 atom stereocenters. The minimum Gasteiger partial charge on any atom is -0.508 e. The number of ether oxygens (including phenoxy) is 1. The number of aliphatic imine (C=N–C) groups is 1. The van der Waals surface area contributed by atoms with Crippen LogP contribution in [0.1, 0.15) is 33.3 Å². The average molecular weight is 362 g/mol. The van der Waals surface area contributed by atoms with E-state index in [9.17, 15) is 9.90 Å². The van der Waals surface area contributed by atoms with Gasteiger partial charge in [0.1, 0.15) is 11.4 Å². The zero-order valence-corrected chi connectivity index (χ0v) is 16.1. The quantitative estimate of drug-likeness (QED) is 0.552. The molecule has 7 nitrogen and oxygen atoms in total. The van der Waals surface area contributed by atoms with E-state index in [0.717, 1.165) is 24.5 Å². The summed E-state index contributed by atoms with van der Waals surface area (Å²) < 4.78 is 5.36. The number of amides is 1. The summed E-state index contributed by atoms with van der Waals surface area (Å²) in [5.41, 5.74) is 0.571. The smallest absolute Gasteiger partial charge is 0.410 e. The van der Waals surface area contributed by atoms with Crippen molar-refractivity contribution in [2.24, 2.45) is 4.99 Å². The highest BCUT2D eigenvalue weighted by atomic mass is 16.6. The second kappa shape index (κ2) is 8.78. The Kier molecular flexibility index (Phi) is 6.71. The van der Waals surface area contributed by atoms with Gasteiger partial charge in [-0.1, -0.05) is 12.1 Å². The number of guanidine groups is 1. The summed E-state index contributed by atoms with van der Waals surface area (Å²) in [6, 6.07) is 7.38. The van der Waals surface area contributed by atoms with E-state index in [1.54, 1.807) is 17.0 Å². The van der Waals surface area contributed by atoms with Gasteiger partial charge in [-0.25, -0.2) is 4.79 Å². The maximum Gasteiger partial charge on any atom is 0.410 e. The first kappa shape index (κ1) is 19.9. The Balaban J connectivity index is 1.79. The van der Waals surface area contributed by atoms with Crippen LogP contribution in [0.15, 0.2) is 29.3 Å². The fourth-order valence-corrected chi connectivity index (χ4v) is 2.57. The summed E-state index contributed by atoms with van der Waals surface area (Å²) in [6.45, 7) is 10.2. The van der Waals surface area contributed by atoms with E-state index in [-0.39, 0.29) is 17.9 Å². The highest BCUT2D eigenvalue weighted by Crippen LogP contribution is 2.15. The number of benzene rings is 1. The molecule has 3 N–H and O–H groups in total. The molecule has 0 bridgehead atoms. The van der Waals surface area contributed by atoms with E-state index in [4.69, 9.17) is 4.74 Å². The molecular formula is C19H30N4O3. The molecule has 1 aliphatic rings. The monoisotopic (exact) mass is 362 g/mol. The molecule has 1 heterocycles. The summed E-state index contributed by atoms with van der Waals surface area (Å²) >= 11 is 0. The Morgan fingerprint density at radius 1 is 1.38 bits per heavy atom. The van der Waals surface area contributed by atoms with Gasteiger partial charge in [-0.05, 0) is 51.8 Å². The predicted octanol–water partition coefficient (Wildman–Crippen LogP) is 2.11. The number of nitrogens with zero attached hydrogens (tertiary/aromatic N) is 2. The molecule has 26 heavy (non-hydrogen) atoms. The molecule has 1 aromatic rings. The van der Waals surface area contributed by atoms with E-state index in [1.165, 1.54) is 0 Å². The van der Waals surface area contributed by atoms with Gasteiger partial charge in [-0.3, -0.25) is 4.99 Å². The van der Waals surface area contributed by atoms with Gasteiger partial charge >= 0.3 is 6.09 Å². The van der Waals surface area contributed by atoms with Crippen molar-refractivity contribution >= 4 is 12.1 Å². The SMILES string of the molecule is CCNC(=NCCc1cccc(O)c1)NC1CN(C(=O)OC(C)(C)C)C1. The molecule has 1 aliphatic heterocycles. The number of likely N-dealkylation sites (tertiary alicyclic amines) is 1. The van der Waals surface area contributed by atoms with Gasteiger partial charge in [-0.2, -0.15) is 0 Å². The number of hydrogen-bond acceptors (Lipinski definition) is 4. The number of phenols is 1. The molecule has 1 saturated heterocycles. The molecule has 1 amide bonds. The van der Waals surface area contributed by atoms with E-state index in [2.05, 4.69) is 15.6 Å². The zero-order valence-electron chi connectivity index (χ0n) is 16.1. The van der Waals surface area contributed by atoms with Crippen molar-refractivity contribution in [1.82, 2.24) is 15.5 Å². The molecule has 0 radical (unpaired) electrons. The van der Waals surface area contributed by atoms with Gasteiger partial charge in [0.25, 0.3) is 0 Å². The fraction of sp³-hybridized carbons (Fsp3) is 0.579. The van der Waals surface area contributed by atoms with Gasteiger partial charge in [0, 0.05) is 26.2 Å². The van der Waals surface area contributed by atoms with E-state index >= 15 is 0 Å². The van der Waals surface area contributed by atoms with Crippen LogP contribution in [0, 0.1) is 0 Å². The van der Waals surface area contributed by atoms with Crippen molar-refractivity contribution in [2.75, 3.05) is 26.2 Å². The summed E-state index contributed by atoms with van der Waals surface area (Å²) in [5.74, 6) is 1.01. The van der Waals surface area contributed by atoms with Gasteiger partial charge < -0.3 is 25.4 Å². The number of rotatable bonds is 5. The lowest BCUT2D eigenvalue weighted by molar-refractivity contribution is 0.00700. The van der Waals surface area contributed by atoms with Crippen molar-refractivity contribution in [2.45, 2.75) is 45.8 Å². The normalized spacial score (nSPS) is 15.4. The molecular weight excluding hydrogens is 332 g/mol. The van der Waals surface area contributed by atoms with Crippen LogP contribution < -0.4 is 10.6 Å². The Morgan fingerprint density at radius 3 is 2.73 bits per heavy atom. The Hall–Kier alpha value is -2.44. The lowest BCUT2D eigenvalue weighted by atomic mass is 10.1. The van der Waals surface area contributed by atoms with Crippen LogP contribution in [0.2, 0.25) is 0 Å². The van der Waals surface area contributed by atoms with Crippen molar-refractivity contribution in [3.8, 4) is 5.75 Å². The molecule has 144 valence electrons. The summed E-state index contributed by atoms with van der Waals surface area (Å²) in [4.78, 5) is 18.2. The van der Waals surface area contributed by atoms with E-state index in [0.29, 0.717) is 19.6 Å². The number of carbonyl (C=O) groups is 1. The minimum atomic E-state index is -0.474. The van der Waals surface area contributed by atoms with Crippen molar-refractivity contribution < 1.29 is 14.6 Å². The number of aromatic hydroxyl groups is 1. The largest absolute Gasteiger partial charge is 0.508 e. The Labute approximate surface area is 155 Å². The van der Waals surface area contributed by atoms with E-state index < -0.39 is 5.60 Å². The van der Waals surface area contributed by atoms with Crippen molar-refractivity contribution in [1.29, 1.82) is 0 Å². The lowest BCUT2D eigenvalue weighted by Crippen LogP contribution is -2.63. The first-order chi connectivity index (χ1) is 12.3. The topological polar surface area (TPSA) is 86.2 Å². The molecule has 7 heteroatoms. The van der Waals surface area contributed by atoms with Crippen LogP contribution in [0.25, 0.3) is 0 Å². The first-order valence-electron chi connectivity index (χ1n) is 9.07. The number of hydrogen-bond donors (Lipinski definition) is 3. The first-order valence-corrected chi connectivity index (χ1v) is 9.07. The van der Waals surface area contributed by atoms with Gasteiger partial charge in [0.2, 0.25) is 0 Å². The highest BCUT2D eigenvalue weighted by molar-refractivity contribution is 5.80. The van der Waals surface area contributed by atoms with Crippen LogP contribution in [0.5, 0.6) is 5.75 Å². The third-order valence-corrected chi connectivity index (χ3v) is 3.80. The summed E-state index contributed by atoms with van der Waals surface area (Å²) in [7, 11) is 0. The van der Waals surface area contributed by atoms with Gasteiger partial charge in [-0.15, -0.1) is 0 Å². The van der Waals surface area contributed by atoms with Crippen molar-refractivity contribution in [3.05, 3.63) is 29.8 Å². The minimum absolute atomic E-state index is 0.168. The predicted molar refractivity (Wildman–Crippen MR) is 103 cm³/mol. The summed E-state index contributed by atoms with van der Waals surface area (Å²) in [6.07, 6.45) is 0.473. The number of nitrogens with one attached hydrogen (secondary N) is 2. The third kappa shape index (κ3) is 6.46. The van der Waals surface area contributed by atoms with Crippen LogP contribution in [0.3, 0.4) is 0 Å². The molecule has 0 unspecified atom stereocenters. The molecule has 0 aromatic heterocycles. The summed E-state index contributed by atoms with van der Waals surface area (Å²) in [5, 5.41) is 16.1. The maximum atomic E-state index is 12.0. The van der Waals surface area contributed by atoms with Gasteiger partial charge in [0.05, 0.1) is 6.04 Å². The zero-order chi connectivity index (χ0) is 19.2. The third-order valence-electron chi connectivity index (χ3n) is 3.80. The fourth-order valence-electron chi connectivity index (χ4n) is 2.57. The molecule has 1 aromatic carbocycles. The van der Waals surface area contributed by atoms with Crippen LogP contribution in [-0.2, 0) is 11.2 Å². The standard InChI is InChI=1S/C19H30N4O3/c1-5-20-17(21-10-9-14-7-6-8-16(24)11-14)22-15-12-23(13-15)18(25)26-19(2,3)4/h6-8,11,15,24H,5,9-10,12-13H2,1-4H3,(H2,20,21,22). The molecule has 2 rings (SSSR count). The van der Waals surface area contributed by atoms with Crippen molar-refractivity contribution in [3.63, 3.8) is 0 Å². The molecule has 0 spiro atoms. The number of carbonyl (C=O) groups excluding carboxylic acids is 1. The molecule has 0 saturated carbocycles. The van der Waals surface area contributed by atoms with Crippen LogP contribution >= 0.6 is 0 Å². The number of phenolic OH excluding ortho intramolecular Hbond substituents is 1. The lowest BCUT2D eigenvalue weighted by Gasteiger charge is -2.40. The second-order valence-corrected chi connectivity index (χ2v) is 7.41. The van der Waals surface area contributed by atoms with Crippen LogP contribution in [-0.4, -0.2) is 59.9 Å². The highest BCUT2D eigenvalue weighted by Gasteiger charge is 2.34.